The van der Waals surface area contributed by atoms with Crippen molar-refractivity contribution in [2.75, 3.05) is 39.3 Å². The molecule has 182 valence electrons. The Balaban J connectivity index is 1.33. The lowest BCUT2D eigenvalue weighted by Crippen LogP contribution is -2.55. The molecule has 2 amide bonds. The summed E-state index contributed by atoms with van der Waals surface area (Å²) < 4.78 is 27.6. The number of carbonyl (C=O) groups excluding carboxylic acids is 2. The molecule has 3 aliphatic heterocycles. The van der Waals surface area contributed by atoms with Gasteiger partial charge in [0.2, 0.25) is 21.8 Å². The minimum Gasteiger partial charge on any atom is -0.337 e. The van der Waals surface area contributed by atoms with Gasteiger partial charge in [-0.05, 0) is 76.7 Å². The molecule has 2 atom stereocenters. The number of amides is 2. The second-order valence-electron chi connectivity index (χ2n) is 9.26. The Hall–Kier alpha value is -1.75. The Labute approximate surface area is 200 Å². The minimum atomic E-state index is -3.77. The Bertz CT molecular complexity index is 984. The van der Waals surface area contributed by atoms with Gasteiger partial charge in [-0.15, -0.1) is 11.3 Å². The predicted octanol–water partition coefficient (Wildman–Crippen LogP) is 2.02. The van der Waals surface area contributed by atoms with Gasteiger partial charge in [-0.3, -0.25) is 9.59 Å². The first kappa shape index (κ1) is 24.4. The van der Waals surface area contributed by atoms with E-state index in [9.17, 15) is 18.0 Å². The van der Waals surface area contributed by atoms with Crippen molar-refractivity contribution in [1.29, 1.82) is 0 Å². The van der Waals surface area contributed by atoms with Crippen molar-refractivity contribution in [3.05, 3.63) is 27.3 Å². The molecule has 3 fully saturated rings. The Kier molecular flexibility index (Phi) is 7.88. The van der Waals surface area contributed by atoms with Gasteiger partial charge in [0.05, 0.1) is 6.54 Å². The van der Waals surface area contributed by atoms with Gasteiger partial charge < -0.3 is 14.7 Å². The molecule has 0 aromatic carbocycles. The summed E-state index contributed by atoms with van der Waals surface area (Å²) in [6, 6.07) is 3.18. The third-order valence-corrected chi connectivity index (χ3v) is 8.77. The molecule has 1 N–H and O–H groups in total. The molecule has 10 heteroatoms. The number of aryl methyl sites for hydroxylation is 1. The normalized spacial score (nSPS) is 24.9. The van der Waals surface area contributed by atoms with Crippen LogP contribution < -0.4 is 4.72 Å². The number of piperidine rings is 1. The number of likely N-dealkylation sites (tertiary alicyclic amines) is 3. The molecule has 4 rings (SSSR count). The quantitative estimate of drug-likeness (QED) is 0.597. The highest BCUT2D eigenvalue weighted by Gasteiger charge is 2.36. The summed E-state index contributed by atoms with van der Waals surface area (Å²) >= 11 is 1.50. The molecule has 1 aromatic rings. The molecule has 33 heavy (non-hydrogen) atoms. The predicted molar refractivity (Wildman–Crippen MR) is 130 cm³/mol. The third kappa shape index (κ3) is 6.44. The summed E-state index contributed by atoms with van der Waals surface area (Å²) in [5.74, 6) is -0.338. The molecule has 0 radical (unpaired) electrons. The standard InChI is InChI=1S/C23H34N4O4S2/c1-18-8-9-20(32-18)10-15-33(30,31)24-21-7-5-13-26(23(21)29)17-22(28)27-14-4-6-19(27)16-25-11-2-3-12-25/h8-10,15,19,21,24H,2-7,11-14,16-17H2,1H3/b15-10+. The third-order valence-electron chi connectivity index (χ3n) is 6.70. The highest BCUT2D eigenvalue weighted by Crippen LogP contribution is 2.22. The van der Waals surface area contributed by atoms with Crippen molar-refractivity contribution in [2.24, 2.45) is 0 Å². The van der Waals surface area contributed by atoms with E-state index < -0.39 is 16.1 Å². The van der Waals surface area contributed by atoms with Gasteiger partial charge in [0.25, 0.3) is 0 Å². The first-order valence-electron chi connectivity index (χ1n) is 11.9. The fraction of sp³-hybridized carbons (Fsp3) is 0.652. The van der Waals surface area contributed by atoms with Crippen LogP contribution in [0.5, 0.6) is 0 Å². The first-order valence-corrected chi connectivity index (χ1v) is 14.2. The maximum absolute atomic E-state index is 13.1. The van der Waals surface area contributed by atoms with E-state index >= 15 is 0 Å². The minimum absolute atomic E-state index is 0.0257. The SMILES string of the molecule is Cc1ccc(/C=C/S(=O)(=O)NC2CCCN(CC(=O)N3CCCC3CN3CCCC3)C2=O)s1. The monoisotopic (exact) mass is 494 g/mol. The average molecular weight is 495 g/mol. The summed E-state index contributed by atoms with van der Waals surface area (Å²) in [4.78, 5) is 33.9. The summed E-state index contributed by atoms with van der Waals surface area (Å²) in [6.45, 7) is 6.33. The van der Waals surface area contributed by atoms with E-state index in [0.29, 0.717) is 19.4 Å². The van der Waals surface area contributed by atoms with Crippen LogP contribution in [0, 0.1) is 6.92 Å². The average Bonchev–Trinajstić information content (AvgIpc) is 3.52. The maximum Gasteiger partial charge on any atom is 0.242 e. The number of sulfonamides is 1. The van der Waals surface area contributed by atoms with E-state index in [0.717, 1.165) is 54.2 Å². The molecular weight excluding hydrogens is 460 g/mol. The Morgan fingerprint density at radius 3 is 2.61 bits per heavy atom. The Morgan fingerprint density at radius 1 is 1.12 bits per heavy atom. The van der Waals surface area contributed by atoms with Crippen LogP contribution >= 0.6 is 11.3 Å². The maximum atomic E-state index is 13.1. The Morgan fingerprint density at radius 2 is 1.88 bits per heavy atom. The molecule has 3 saturated heterocycles. The lowest BCUT2D eigenvalue weighted by Gasteiger charge is -2.34. The first-order chi connectivity index (χ1) is 15.8. The second kappa shape index (κ2) is 10.7. The number of hydrogen-bond acceptors (Lipinski definition) is 6. The highest BCUT2D eigenvalue weighted by molar-refractivity contribution is 7.92. The van der Waals surface area contributed by atoms with E-state index in [-0.39, 0.29) is 24.4 Å². The van der Waals surface area contributed by atoms with Crippen molar-refractivity contribution in [2.45, 2.75) is 57.5 Å². The van der Waals surface area contributed by atoms with Crippen LogP contribution in [0.25, 0.3) is 6.08 Å². The number of nitrogens with zero attached hydrogens (tertiary/aromatic N) is 3. The summed E-state index contributed by atoms with van der Waals surface area (Å²) in [5.41, 5.74) is 0. The van der Waals surface area contributed by atoms with Crippen LogP contribution in [0.3, 0.4) is 0 Å². The van der Waals surface area contributed by atoms with Crippen LogP contribution in [0.15, 0.2) is 17.5 Å². The van der Waals surface area contributed by atoms with E-state index in [2.05, 4.69) is 9.62 Å². The van der Waals surface area contributed by atoms with Crippen LogP contribution in [-0.2, 0) is 19.6 Å². The van der Waals surface area contributed by atoms with E-state index in [1.54, 1.807) is 6.08 Å². The molecule has 8 nitrogen and oxygen atoms in total. The van der Waals surface area contributed by atoms with E-state index in [4.69, 9.17) is 0 Å². The van der Waals surface area contributed by atoms with E-state index in [1.807, 2.05) is 24.0 Å². The van der Waals surface area contributed by atoms with Gasteiger partial charge in [0.1, 0.15) is 6.04 Å². The van der Waals surface area contributed by atoms with Gasteiger partial charge in [-0.1, -0.05) is 0 Å². The molecule has 0 saturated carbocycles. The van der Waals surface area contributed by atoms with Crippen molar-refractivity contribution >= 4 is 39.3 Å². The fourth-order valence-corrected chi connectivity index (χ4v) is 6.90. The van der Waals surface area contributed by atoms with Gasteiger partial charge in [0, 0.05) is 40.8 Å². The molecule has 4 heterocycles. The van der Waals surface area contributed by atoms with Crippen molar-refractivity contribution in [3.63, 3.8) is 0 Å². The van der Waals surface area contributed by atoms with Crippen molar-refractivity contribution in [1.82, 2.24) is 19.4 Å². The molecule has 0 aliphatic carbocycles. The lowest BCUT2D eigenvalue weighted by molar-refractivity contribution is -0.143. The van der Waals surface area contributed by atoms with Crippen molar-refractivity contribution in [3.8, 4) is 0 Å². The molecule has 3 aliphatic rings. The molecular formula is C23H34N4O4S2. The highest BCUT2D eigenvalue weighted by atomic mass is 32.2. The van der Waals surface area contributed by atoms with Crippen LogP contribution in [-0.4, -0.2) is 86.3 Å². The molecule has 0 spiro atoms. The number of nitrogens with one attached hydrogen (secondary N) is 1. The van der Waals surface area contributed by atoms with Crippen LogP contribution in [0.2, 0.25) is 0 Å². The molecule has 2 unspecified atom stereocenters. The van der Waals surface area contributed by atoms with Gasteiger partial charge in [-0.2, -0.15) is 4.72 Å². The van der Waals surface area contributed by atoms with Crippen LogP contribution in [0.1, 0.15) is 48.3 Å². The largest absolute Gasteiger partial charge is 0.337 e. The topological polar surface area (TPSA) is 90.0 Å². The lowest BCUT2D eigenvalue weighted by atomic mass is 10.1. The number of carbonyl (C=O) groups is 2. The van der Waals surface area contributed by atoms with Gasteiger partial charge in [0.15, 0.2) is 0 Å². The molecule has 1 aromatic heterocycles. The number of rotatable bonds is 8. The van der Waals surface area contributed by atoms with Crippen molar-refractivity contribution < 1.29 is 18.0 Å². The number of thiophene rings is 1. The number of hydrogen-bond donors (Lipinski definition) is 1. The van der Waals surface area contributed by atoms with Gasteiger partial charge in [-0.25, -0.2) is 8.42 Å². The zero-order chi connectivity index (χ0) is 23.4. The zero-order valence-corrected chi connectivity index (χ0v) is 20.9. The van der Waals surface area contributed by atoms with Gasteiger partial charge >= 0.3 is 0 Å². The van der Waals surface area contributed by atoms with Crippen LogP contribution in [0.4, 0.5) is 0 Å². The van der Waals surface area contributed by atoms with E-state index in [1.165, 1.54) is 29.1 Å². The summed E-state index contributed by atoms with van der Waals surface area (Å²) in [5, 5.41) is 1.11. The second-order valence-corrected chi connectivity index (χ2v) is 12.2. The summed E-state index contributed by atoms with van der Waals surface area (Å²) in [7, 11) is -3.77. The fourth-order valence-electron chi connectivity index (χ4n) is 5.02. The summed E-state index contributed by atoms with van der Waals surface area (Å²) in [6.07, 6.45) is 7.10. The molecule has 0 bridgehead atoms. The zero-order valence-electron chi connectivity index (χ0n) is 19.2. The smallest absolute Gasteiger partial charge is 0.242 e.